The van der Waals surface area contributed by atoms with Gasteiger partial charge in [-0.1, -0.05) is 23.8 Å². The number of ether oxygens (including phenoxy) is 1. The molecule has 1 fully saturated rings. The van der Waals surface area contributed by atoms with E-state index in [0.29, 0.717) is 30.8 Å². The maximum atomic E-state index is 12.6. The minimum absolute atomic E-state index is 0.00283. The monoisotopic (exact) mass is 384 g/mol. The van der Waals surface area contributed by atoms with Gasteiger partial charge in [0.1, 0.15) is 0 Å². The highest BCUT2D eigenvalue weighted by Crippen LogP contribution is 2.26. The van der Waals surface area contributed by atoms with Crippen LogP contribution in [0.5, 0.6) is 0 Å². The van der Waals surface area contributed by atoms with Crippen molar-refractivity contribution in [3.63, 3.8) is 0 Å². The second-order valence-electron chi connectivity index (χ2n) is 7.36. The second-order valence-corrected chi connectivity index (χ2v) is 7.36. The SMILES string of the molecule is C[C@H](OC(=O)c1ccccc1N1CCCC1=O)C(=O)NCCC1=CCCCC1. The number of rotatable bonds is 7. The summed E-state index contributed by atoms with van der Waals surface area (Å²) in [5.41, 5.74) is 2.25. The number of carbonyl (C=O) groups is 3. The summed E-state index contributed by atoms with van der Waals surface area (Å²) in [6, 6.07) is 6.88. The van der Waals surface area contributed by atoms with Crippen LogP contribution in [0.3, 0.4) is 0 Å². The molecule has 28 heavy (non-hydrogen) atoms. The molecule has 0 spiro atoms. The highest BCUT2D eigenvalue weighted by molar-refractivity contribution is 6.04. The summed E-state index contributed by atoms with van der Waals surface area (Å²) in [6.45, 7) is 2.71. The Bertz CT molecular complexity index is 772. The number of carbonyl (C=O) groups excluding carboxylic acids is 3. The molecule has 0 aromatic heterocycles. The molecule has 1 heterocycles. The van der Waals surface area contributed by atoms with Crippen LogP contribution in [0.25, 0.3) is 0 Å². The highest BCUT2D eigenvalue weighted by atomic mass is 16.5. The number of esters is 1. The van der Waals surface area contributed by atoms with Crippen molar-refractivity contribution in [3.05, 3.63) is 41.5 Å². The Hall–Kier alpha value is -2.63. The van der Waals surface area contributed by atoms with Gasteiger partial charge < -0.3 is 15.0 Å². The standard InChI is InChI=1S/C22H28N2O4/c1-16(21(26)23-14-13-17-8-3-2-4-9-17)28-22(27)18-10-5-6-11-19(18)24-15-7-12-20(24)25/h5-6,8,10-11,16H,2-4,7,9,12-15H2,1H3,(H,23,26)/t16-/m0/s1. The lowest BCUT2D eigenvalue weighted by Crippen LogP contribution is -2.36. The van der Waals surface area contributed by atoms with Crippen molar-refractivity contribution >= 4 is 23.5 Å². The second kappa shape index (κ2) is 9.53. The summed E-state index contributed by atoms with van der Waals surface area (Å²) in [7, 11) is 0. The number of nitrogens with one attached hydrogen (secondary N) is 1. The average Bonchev–Trinajstić information content (AvgIpc) is 3.14. The molecule has 0 radical (unpaired) electrons. The van der Waals surface area contributed by atoms with Gasteiger partial charge in [0.25, 0.3) is 5.91 Å². The molecular weight excluding hydrogens is 356 g/mol. The largest absolute Gasteiger partial charge is 0.449 e. The van der Waals surface area contributed by atoms with Gasteiger partial charge in [0.2, 0.25) is 5.91 Å². The van der Waals surface area contributed by atoms with E-state index in [2.05, 4.69) is 11.4 Å². The number of anilines is 1. The van der Waals surface area contributed by atoms with Crippen LogP contribution in [0.1, 0.15) is 62.2 Å². The Labute approximate surface area is 165 Å². The van der Waals surface area contributed by atoms with E-state index >= 15 is 0 Å². The van der Waals surface area contributed by atoms with Crippen molar-refractivity contribution in [1.82, 2.24) is 5.32 Å². The normalized spacial score (nSPS) is 17.8. The maximum Gasteiger partial charge on any atom is 0.341 e. The summed E-state index contributed by atoms with van der Waals surface area (Å²) in [5, 5.41) is 2.84. The molecule has 2 amide bonds. The lowest BCUT2D eigenvalue weighted by Gasteiger charge is -2.20. The molecule has 0 unspecified atom stereocenters. The maximum absolute atomic E-state index is 12.6. The van der Waals surface area contributed by atoms with Crippen LogP contribution in [0.2, 0.25) is 0 Å². The van der Waals surface area contributed by atoms with Crippen LogP contribution in [0.15, 0.2) is 35.9 Å². The van der Waals surface area contributed by atoms with E-state index in [1.807, 2.05) is 0 Å². The summed E-state index contributed by atoms with van der Waals surface area (Å²) in [6.07, 6.45) is 8.15. The number of allylic oxidation sites excluding steroid dienone is 1. The Morgan fingerprint density at radius 3 is 2.71 bits per heavy atom. The quantitative estimate of drug-likeness (QED) is 0.578. The van der Waals surface area contributed by atoms with E-state index in [0.717, 1.165) is 25.7 Å². The van der Waals surface area contributed by atoms with Gasteiger partial charge in [-0.25, -0.2) is 4.79 Å². The minimum atomic E-state index is -0.893. The Balaban J connectivity index is 1.54. The van der Waals surface area contributed by atoms with E-state index in [1.165, 1.54) is 18.4 Å². The van der Waals surface area contributed by atoms with Crippen molar-refractivity contribution in [2.24, 2.45) is 0 Å². The first-order valence-electron chi connectivity index (χ1n) is 10.1. The first kappa shape index (κ1) is 20.1. The number of nitrogens with zero attached hydrogens (tertiary/aromatic N) is 1. The molecule has 0 saturated carbocycles. The van der Waals surface area contributed by atoms with Crippen LogP contribution >= 0.6 is 0 Å². The Kier molecular flexibility index (Phi) is 6.85. The topological polar surface area (TPSA) is 75.7 Å². The molecule has 1 aromatic rings. The van der Waals surface area contributed by atoms with Crippen LogP contribution in [-0.2, 0) is 14.3 Å². The van der Waals surface area contributed by atoms with E-state index in [-0.39, 0.29) is 11.8 Å². The zero-order valence-electron chi connectivity index (χ0n) is 16.4. The molecule has 1 aliphatic heterocycles. The number of benzene rings is 1. The number of amides is 2. The molecular formula is C22H28N2O4. The number of hydrogen-bond acceptors (Lipinski definition) is 4. The smallest absolute Gasteiger partial charge is 0.341 e. The summed E-state index contributed by atoms with van der Waals surface area (Å²) in [4.78, 5) is 38.5. The summed E-state index contributed by atoms with van der Waals surface area (Å²) >= 11 is 0. The van der Waals surface area contributed by atoms with Crippen LogP contribution < -0.4 is 10.2 Å². The first-order chi connectivity index (χ1) is 13.6. The van der Waals surface area contributed by atoms with Gasteiger partial charge in [-0.2, -0.15) is 0 Å². The van der Waals surface area contributed by atoms with Crippen LogP contribution in [0.4, 0.5) is 5.69 Å². The number of hydrogen-bond donors (Lipinski definition) is 1. The minimum Gasteiger partial charge on any atom is -0.449 e. The van der Waals surface area contributed by atoms with Crippen molar-refractivity contribution in [1.29, 1.82) is 0 Å². The fourth-order valence-corrected chi connectivity index (χ4v) is 3.68. The lowest BCUT2D eigenvalue weighted by molar-refractivity contribution is -0.129. The third-order valence-electron chi connectivity index (χ3n) is 5.27. The molecule has 1 N–H and O–H groups in total. The van der Waals surface area contributed by atoms with Gasteiger partial charge in [-0.15, -0.1) is 0 Å². The van der Waals surface area contributed by atoms with Gasteiger partial charge in [0.05, 0.1) is 11.3 Å². The molecule has 6 nitrogen and oxygen atoms in total. The zero-order chi connectivity index (χ0) is 19.9. The van der Waals surface area contributed by atoms with Gasteiger partial charge >= 0.3 is 5.97 Å². The summed E-state index contributed by atoms with van der Waals surface area (Å²) < 4.78 is 5.37. The van der Waals surface area contributed by atoms with Gasteiger partial charge in [-0.3, -0.25) is 9.59 Å². The van der Waals surface area contributed by atoms with E-state index < -0.39 is 12.1 Å². The van der Waals surface area contributed by atoms with Gasteiger partial charge in [0, 0.05) is 19.5 Å². The lowest BCUT2D eigenvalue weighted by atomic mass is 9.97. The predicted molar refractivity (Wildman–Crippen MR) is 107 cm³/mol. The third kappa shape index (κ3) is 5.00. The number of para-hydroxylation sites is 1. The van der Waals surface area contributed by atoms with Crippen LogP contribution in [0, 0.1) is 0 Å². The average molecular weight is 384 g/mol. The van der Waals surface area contributed by atoms with Crippen molar-refractivity contribution in [2.45, 2.75) is 58.0 Å². The Morgan fingerprint density at radius 2 is 2.00 bits per heavy atom. The van der Waals surface area contributed by atoms with Crippen molar-refractivity contribution in [2.75, 3.05) is 18.0 Å². The van der Waals surface area contributed by atoms with E-state index in [1.54, 1.807) is 36.1 Å². The van der Waals surface area contributed by atoms with E-state index in [4.69, 9.17) is 4.74 Å². The summed E-state index contributed by atoms with van der Waals surface area (Å²) in [5.74, 6) is -0.893. The third-order valence-corrected chi connectivity index (χ3v) is 5.27. The van der Waals surface area contributed by atoms with Crippen molar-refractivity contribution in [3.8, 4) is 0 Å². The highest BCUT2D eigenvalue weighted by Gasteiger charge is 2.27. The zero-order valence-corrected chi connectivity index (χ0v) is 16.4. The van der Waals surface area contributed by atoms with E-state index in [9.17, 15) is 14.4 Å². The molecule has 2 aliphatic rings. The van der Waals surface area contributed by atoms with Crippen LogP contribution in [-0.4, -0.2) is 37.0 Å². The van der Waals surface area contributed by atoms with Gasteiger partial charge in [-0.05, 0) is 57.6 Å². The van der Waals surface area contributed by atoms with Crippen molar-refractivity contribution < 1.29 is 19.1 Å². The molecule has 6 heteroatoms. The fourth-order valence-electron chi connectivity index (χ4n) is 3.68. The van der Waals surface area contributed by atoms with Gasteiger partial charge in [0.15, 0.2) is 6.10 Å². The molecule has 3 rings (SSSR count). The predicted octanol–water partition coefficient (Wildman–Crippen LogP) is 3.37. The molecule has 150 valence electrons. The molecule has 1 aliphatic carbocycles. The molecule has 1 saturated heterocycles. The molecule has 1 aromatic carbocycles. The first-order valence-corrected chi connectivity index (χ1v) is 10.1. The Morgan fingerprint density at radius 1 is 1.18 bits per heavy atom. The molecule has 0 bridgehead atoms. The fraction of sp³-hybridized carbons (Fsp3) is 0.500. The molecule has 1 atom stereocenters.